The fourth-order valence-electron chi connectivity index (χ4n) is 2.79. The summed E-state index contributed by atoms with van der Waals surface area (Å²) in [6.07, 6.45) is 5.88. The second kappa shape index (κ2) is 6.28. The highest BCUT2D eigenvalue weighted by molar-refractivity contribution is 7.09. The first-order chi connectivity index (χ1) is 12.5. The van der Waals surface area contributed by atoms with E-state index in [-0.39, 0.29) is 5.02 Å². The number of pyridine rings is 1. The van der Waals surface area contributed by atoms with E-state index < -0.39 is 5.79 Å². The molecule has 1 aliphatic heterocycles. The molecule has 2 aromatic heterocycles. The van der Waals surface area contributed by atoms with Crippen LogP contribution in [0, 0.1) is 5.21 Å². The van der Waals surface area contributed by atoms with Crippen LogP contribution in [0.2, 0.25) is 5.02 Å². The molecule has 0 saturated heterocycles. The number of aliphatic hydroxyl groups is 1. The lowest BCUT2D eigenvalue weighted by molar-refractivity contribution is -0.605. The summed E-state index contributed by atoms with van der Waals surface area (Å²) >= 11 is 7.42. The monoisotopic (exact) mass is 388 g/mol. The van der Waals surface area contributed by atoms with E-state index in [4.69, 9.17) is 21.1 Å². The highest BCUT2D eigenvalue weighted by Gasteiger charge is 2.46. The van der Waals surface area contributed by atoms with Crippen molar-refractivity contribution in [3.63, 3.8) is 0 Å². The summed E-state index contributed by atoms with van der Waals surface area (Å²) in [6, 6.07) is 6.88. The number of benzene rings is 1. The number of fused-ring (bicyclic) bond motifs is 1. The lowest BCUT2D eigenvalue weighted by atomic mass is 10.0. The minimum atomic E-state index is -1.72. The van der Waals surface area contributed by atoms with Gasteiger partial charge in [-0.25, -0.2) is 4.98 Å². The van der Waals surface area contributed by atoms with E-state index in [0.717, 1.165) is 0 Å². The van der Waals surface area contributed by atoms with Gasteiger partial charge in [-0.2, -0.15) is 4.73 Å². The quantitative estimate of drug-likeness (QED) is 0.550. The summed E-state index contributed by atoms with van der Waals surface area (Å²) in [7, 11) is 1.55. The number of hydrogen-bond donors (Lipinski definition) is 1. The summed E-state index contributed by atoms with van der Waals surface area (Å²) in [4.78, 5) is 4.20. The van der Waals surface area contributed by atoms with Crippen LogP contribution < -0.4 is 9.47 Å². The van der Waals surface area contributed by atoms with Crippen molar-refractivity contribution in [3.8, 4) is 5.75 Å². The maximum Gasteiger partial charge on any atom is 0.289 e. The third kappa shape index (κ3) is 2.70. The van der Waals surface area contributed by atoms with Crippen LogP contribution in [0.5, 0.6) is 5.75 Å². The van der Waals surface area contributed by atoms with Crippen LogP contribution in [0.15, 0.2) is 48.2 Å². The van der Waals surface area contributed by atoms with Gasteiger partial charge in [0.05, 0.1) is 7.11 Å². The Hall–Kier alpha value is -2.61. The van der Waals surface area contributed by atoms with Gasteiger partial charge in [0.25, 0.3) is 5.79 Å². The topological polar surface area (TPSA) is 78.5 Å². The molecule has 8 heteroatoms. The number of aromatic nitrogens is 2. The first-order valence-corrected chi connectivity index (χ1v) is 8.87. The van der Waals surface area contributed by atoms with Gasteiger partial charge < -0.3 is 19.8 Å². The molecule has 0 aliphatic carbocycles. The van der Waals surface area contributed by atoms with Crippen LogP contribution in [0.4, 0.5) is 0 Å². The first kappa shape index (κ1) is 16.8. The minimum absolute atomic E-state index is 0.276. The number of halogens is 1. The summed E-state index contributed by atoms with van der Waals surface area (Å²) in [5.41, 5.74) is 1.82. The van der Waals surface area contributed by atoms with Gasteiger partial charge in [-0.3, -0.25) is 0 Å². The van der Waals surface area contributed by atoms with Gasteiger partial charge in [0.1, 0.15) is 16.5 Å². The fraction of sp³-hybridized carbons (Fsp3) is 0.111. The highest BCUT2D eigenvalue weighted by Crippen LogP contribution is 2.47. The lowest BCUT2D eigenvalue weighted by Crippen LogP contribution is -2.25. The predicted octanol–water partition coefficient (Wildman–Crippen LogP) is 3.16. The number of rotatable bonds is 3. The first-order valence-electron chi connectivity index (χ1n) is 7.61. The Labute approximate surface area is 158 Å². The number of methoxy groups -OCH3 is 1. The third-order valence-electron chi connectivity index (χ3n) is 4.04. The average Bonchev–Trinajstić information content (AvgIpc) is 3.26. The maximum absolute atomic E-state index is 11.3. The average molecular weight is 389 g/mol. The molecule has 1 aromatic carbocycles. The van der Waals surface area contributed by atoms with Crippen molar-refractivity contribution >= 4 is 34.8 Å². The van der Waals surface area contributed by atoms with Crippen molar-refractivity contribution in [2.45, 2.75) is 5.79 Å². The Bertz CT molecular complexity index is 1010. The number of hydrogen-bond acceptors (Lipinski definition) is 6. The van der Waals surface area contributed by atoms with Crippen LogP contribution in [-0.4, -0.2) is 17.2 Å². The molecule has 0 spiro atoms. The van der Waals surface area contributed by atoms with E-state index in [0.29, 0.717) is 37.9 Å². The smallest absolute Gasteiger partial charge is 0.289 e. The molecular formula is C18H13ClN2O4S. The minimum Gasteiger partial charge on any atom is -0.619 e. The molecule has 132 valence electrons. The van der Waals surface area contributed by atoms with Crippen molar-refractivity contribution in [2.24, 2.45) is 0 Å². The molecule has 1 unspecified atom stereocenters. The molecule has 6 nitrogen and oxygen atoms in total. The highest BCUT2D eigenvalue weighted by atomic mass is 35.5. The summed E-state index contributed by atoms with van der Waals surface area (Å²) in [6.45, 7) is 0. The molecule has 1 atom stereocenters. The fourth-order valence-corrected chi connectivity index (χ4v) is 3.69. The van der Waals surface area contributed by atoms with E-state index in [1.807, 2.05) is 0 Å². The van der Waals surface area contributed by atoms with Crippen molar-refractivity contribution in [3.05, 3.63) is 80.2 Å². The Morgan fingerprint density at radius 1 is 1.42 bits per heavy atom. The van der Waals surface area contributed by atoms with Gasteiger partial charge in [-0.1, -0.05) is 11.6 Å². The van der Waals surface area contributed by atoms with Gasteiger partial charge in [-0.15, -0.1) is 11.3 Å². The second-order valence-electron chi connectivity index (χ2n) is 5.61. The Balaban J connectivity index is 1.88. The standard InChI is InChI=1S/C18H13ClN2O4S/c1-24-12-2-3-13-14(9-12)18(22,17-20-5-7-26-17)25-16(13)8-11-4-6-21(23)10-15(11)19/h2-10,22H,1H3. The van der Waals surface area contributed by atoms with E-state index in [2.05, 4.69) is 4.98 Å². The molecule has 26 heavy (non-hydrogen) atoms. The van der Waals surface area contributed by atoms with Gasteiger partial charge >= 0.3 is 0 Å². The molecule has 0 bridgehead atoms. The number of nitrogens with zero attached hydrogens (tertiary/aromatic N) is 2. The zero-order chi connectivity index (χ0) is 18.3. The van der Waals surface area contributed by atoms with Gasteiger partial charge in [0, 0.05) is 34.3 Å². The molecular weight excluding hydrogens is 376 g/mol. The molecule has 1 aliphatic rings. The van der Waals surface area contributed by atoms with Crippen molar-refractivity contribution in [1.29, 1.82) is 0 Å². The van der Waals surface area contributed by atoms with Gasteiger partial charge in [0.2, 0.25) is 0 Å². The summed E-state index contributed by atoms with van der Waals surface area (Å²) in [5, 5.41) is 25.0. The molecule has 1 N–H and O–H groups in total. The van der Waals surface area contributed by atoms with Crippen molar-refractivity contribution in [1.82, 2.24) is 4.98 Å². The number of thiazole rings is 1. The van der Waals surface area contributed by atoms with Crippen molar-refractivity contribution < 1.29 is 19.3 Å². The summed E-state index contributed by atoms with van der Waals surface area (Å²) in [5.74, 6) is -0.705. The molecule has 0 amide bonds. The van der Waals surface area contributed by atoms with E-state index in [1.165, 1.54) is 23.7 Å². The SMILES string of the molecule is COc1ccc2c(c1)C(O)(c1nccs1)OC2=Cc1cc[n+]([O-])cc1Cl. The van der Waals surface area contributed by atoms with E-state index in [9.17, 15) is 10.3 Å². The van der Waals surface area contributed by atoms with Crippen LogP contribution in [-0.2, 0) is 10.5 Å². The normalized spacial score (nSPS) is 20.0. The van der Waals surface area contributed by atoms with Crippen molar-refractivity contribution in [2.75, 3.05) is 7.11 Å². The third-order valence-corrected chi connectivity index (χ3v) is 5.22. The van der Waals surface area contributed by atoms with Crippen LogP contribution in [0.1, 0.15) is 21.7 Å². The van der Waals surface area contributed by atoms with Gasteiger partial charge in [-0.05, 0) is 24.3 Å². The molecule has 3 aromatic rings. The van der Waals surface area contributed by atoms with Crippen LogP contribution in [0.3, 0.4) is 0 Å². The Morgan fingerprint density at radius 2 is 2.27 bits per heavy atom. The second-order valence-corrected chi connectivity index (χ2v) is 6.91. The number of ether oxygens (including phenoxy) is 2. The van der Waals surface area contributed by atoms with E-state index in [1.54, 1.807) is 49.0 Å². The van der Waals surface area contributed by atoms with E-state index >= 15 is 0 Å². The molecule has 0 saturated carbocycles. The zero-order valence-corrected chi connectivity index (χ0v) is 15.1. The maximum atomic E-state index is 11.3. The van der Waals surface area contributed by atoms with Gasteiger partial charge in [0.15, 0.2) is 17.4 Å². The predicted molar refractivity (Wildman–Crippen MR) is 97.5 cm³/mol. The lowest BCUT2D eigenvalue weighted by Gasteiger charge is -2.20. The zero-order valence-electron chi connectivity index (χ0n) is 13.5. The Kier molecular flexibility index (Phi) is 4.07. The van der Waals surface area contributed by atoms with Crippen LogP contribution >= 0.6 is 22.9 Å². The van der Waals surface area contributed by atoms with Crippen LogP contribution in [0.25, 0.3) is 11.8 Å². The molecule has 0 fully saturated rings. The molecule has 0 radical (unpaired) electrons. The molecule has 3 heterocycles. The largest absolute Gasteiger partial charge is 0.619 e. The summed E-state index contributed by atoms with van der Waals surface area (Å²) < 4.78 is 11.8. The molecule has 4 rings (SSSR count). The Morgan fingerprint density at radius 3 is 2.96 bits per heavy atom.